The maximum atomic E-state index is 11.5. The highest BCUT2D eigenvalue weighted by Crippen LogP contribution is 2.09. The van der Waals surface area contributed by atoms with E-state index in [0.717, 1.165) is 0 Å². The Morgan fingerprint density at radius 3 is 3.11 bits per heavy atom. The molecule has 2 N–H and O–H groups in total. The summed E-state index contributed by atoms with van der Waals surface area (Å²) in [5, 5.41) is 13.7. The van der Waals surface area contributed by atoms with Gasteiger partial charge in [-0.05, 0) is 5.92 Å². The van der Waals surface area contributed by atoms with Gasteiger partial charge in [0.2, 0.25) is 11.6 Å². The van der Waals surface area contributed by atoms with Gasteiger partial charge in [0.15, 0.2) is 5.82 Å². The molecule has 0 atom stereocenters. The lowest BCUT2D eigenvalue weighted by Crippen LogP contribution is -2.28. The van der Waals surface area contributed by atoms with E-state index in [1.807, 2.05) is 0 Å². The third kappa shape index (κ3) is 3.64. The molecular weight excluding hydrogens is 244 g/mol. The Hall–Kier alpha value is -2.18. The number of carbonyl (C=O) groups is 1. The van der Waals surface area contributed by atoms with Crippen molar-refractivity contribution < 1.29 is 4.79 Å². The zero-order valence-electron chi connectivity index (χ0n) is 11.1. The third-order valence-corrected chi connectivity index (χ3v) is 2.57. The van der Waals surface area contributed by atoms with Crippen LogP contribution >= 0.6 is 0 Å². The van der Waals surface area contributed by atoms with Crippen molar-refractivity contribution in [1.82, 2.24) is 24.9 Å². The SMILES string of the molecule is CC(C)CNC(=O)CCNc1nccn2cnnc12. The summed E-state index contributed by atoms with van der Waals surface area (Å²) in [6, 6.07) is 0. The number of nitrogens with zero attached hydrogens (tertiary/aromatic N) is 4. The molecule has 7 nitrogen and oxygen atoms in total. The molecule has 0 fully saturated rings. The molecule has 7 heteroatoms. The molecule has 0 aliphatic heterocycles. The van der Waals surface area contributed by atoms with Crippen molar-refractivity contribution in [3.63, 3.8) is 0 Å². The largest absolute Gasteiger partial charge is 0.366 e. The van der Waals surface area contributed by atoms with E-state index in [1.165, 1.54) is 0 Å². The monoisotopic (exact) mass is 262 g/mol. The van der Waals surface area contributed by atoms with Crippen LogP contribution < -0.4 is 10.6 Å². The third-order valence-electron chi connectivity index (χ3n) is 2.57. The molecular formula is C12H18N6O. The number of hydrogen-bond acceptors (Lipinski definition) is 5. The second-order valence-corrected chi connectivity index (χ2v) is 4.71. The van der Waals surface area contributed by atoms with Gasteiger partial charge >= 0.3 is 0 Å². The number of aromatic nitrogens is 4. The molecule has 1 amide bonds. The van der Waals surface area contributed by atoms with E-state index in [0.29, 0.717) is 36.9 Å². The fourth-order valence-corrected chi connectivity index (χ4v) is 1.58. The second-order valence-electron chi connectivity index (χ2n) is 4.71. The quantitative estimate of drug-likeness (QED) is 0.800. The van der Waals surface area contributed by atoms with E-state index in [2.05, 4.69) is 39.7 Å². The lowest BCUT2D eigenvalue weighted by atomic mass is 10.2. The van der Waals surface area contributed by atoms with Crippen molar-refractivity contribution in [2.75, 3.05) is 18.4 Å². The standard InChI is InChI=1S/C12H18N6O/c1-9(2)7-15-10(19)3-4-13-11-12-17-16-8-18(12)6-5-14-11/h5-6,8-9H,3-4,7H2,1-2H3,(H,13,14)(H,15,19). The van der Waals surface area contributed by atoms with Crippen LogP contribution in [-0.4, -0.2) is 38.6 Å². The number of amides is 1. The highest BCUT2D eigenvalue weighted by Gasteiger charge is 2.06. The van der Waals surface area contributed by atoms with Crippen LogP contribution in [0.5, 0.6) is 0 Å². The highest BCUT2D eigenvalue weighted by atomic mass is 16.1. The minimum atomic E-state index is 0.0367. The first-order valence-electron chi connectivity index (χ1n) is 6.31. The van der Waals surface area contributed by atoms with Crippen LogP contribution in [0.25, 0.3) is 5.65 Å². The van der Waals surface area contributed by atoms with Gasteiger partial charge in [-0.3, -0.25) is 9.20 Å². The molecule has 0 bridgehead atoms. The fraction of sp³-hybridized carbons (Fsp3) is 0.500. The summed E-state index contributed by atoms with van der Waals surface area (Å²) in [5.74, 6) is 1.13. The van der Waals surface area contributed by atoms with E-state index in [1.54, 1.807) is 23.1 Å². The number of carbonyl (C=O) groups excluding carboxylic acids is 1. The molecule has 2 rings (SSSR count). The number of fused-ring (bicyclic) bond motifs is 1. The summed E-state index contributed by atoms with van der Waals surface area (Å²) in [4.78, 5) is 15.7. The van der Waals surface area contributed by atoms with Crippen molar-refractivity contribution in [1.29, 1.82) is 0 Å². The first-order chi connectivity index (χ1) is 9.16. The minimum absolute atomic E-state index is 0.0367. The van der Waals surface area contributed by atoms with Crippen LogP contribution in [-0.2, 0) is 4.79 Å². The Labute approximate surface area is 111 Å². The first-order valence-corrected chi connectivity index (χ1v) is 6.31. The Morgan fingerprint density at radius 1 is 1.47 bits per heavy atom. The van der Waals surface area contributed by atoms with Gasteiger partial charge in [0.1, 0.15) is 6.33 Å². The molecule has 2 aromatic rings. The predicted molar refractivity (Wildman–Crippen MR) is 71.7 cm³/mol. The van der Waals surface area contributed by atoms with Gasteiger partial charge in [0, 0.05) is 31.9 Å². The van der Waals surface area contributed by atoms with Crippen LogP contribution in [0.1, 0.15) is 20.3 Å². The normalized spacial score (nSPS) is 10.9. The van der Waals surface area contributed by atoms with Gasteiger partial charge in [-0.2, -0.15) is 0 Å². The number of hydrogen-bond donors (Lipinski definition) is 2. The molecule has 0 saturated carbocycles. The lowest BCUT2D eigenvalue weighted by molar-refractivity contribution is -0.120. The second kappa shape index (κ2) is 6.12. The van der Waals surface area contributed by atoms with Gasteiger partial charge in [-0.25, -0.2) is 4.98 Å². The van der Waals surface area contributed by atoms with Crippen molar-refractivity contribution in [3.05, 3.63) is 18.7 Å². The van der Waals surface area contributed by atoms with Crippen molar-refractivity contribution in [3.8, 4) is 0 Å². The molecule has 0 aromatic carbocycles. The average Bonchev–Trinajstić information content (AvgIpc) is 2.85. The Bertz CT molecular complexity index is 550. The predicted octanol–water partition coefficient (Wildman–Crippen LogP) is 0.698. The molecule has 2 aromatic heterocycles. The zero-order chi connectivity index (χ0) is 13.7. The molecule has 0 unspecified atom stereocenters. The topological polar surface area (TPSA) is 84.2 Å². The minimum Gasteiger partial charge on any atom is -0.366 e. The maximum Gasteiger partial charge on any atom is 0.221 e. The maximum absolute atomic E-state index is 11.5. The van der Waals surface area contributed by atoms with Crippen molar-refractivity contribution in [2.24, 2.45) is 5.92 Å². The van der Waals surface area contributed by atoms with Crippen molar-refractivity contribution >= 4 is 17.4 Å². The van der Waals surface area contributed by atoms with Crippen LogP contribution in [0, 0.1) is 5.92 Å². The summed E-state index contributed by atoms with van der Waals surface area (Å²) in [6.07, 6.45) is 5.45. The van der Waals surface area contributed by atoms with Gasteiger partial charge in [-0.1, -0.05) is 13.8 Å². The summed E-state index contributed by atoms with van der Waals surface area (Å²) in [7, 11) is 0. The summed E-state index contributed by atoms with van der Waals surface area (Å²) < 4.78 is 1.77. The highest BCUT2D eigenvalue weighted by molar-refractivity contribution is 5.76. The van der Waals surface area contributed by atoms with Crippen molar-refractivity contribution in [2.45, 2.75) is 20.3 Å². The number of nitrogens with one attached hydrogen (secondary N) is 2. The van der Waals surface area contributed by atoms with Crippen LogP contribution in [0.3, 0.4) is 0 Å². The molecule has 2 heterocycles. The summed E-state index contributed by atoms with van der Waals surface area (Å²) >= 11 is 0. The average molecular weight is 262 g/mol. The Morgan fingerprint density at radius 2 is 2.32 bits per heavy atom. The Balaban J connectivity index is 1.82. The fourth-order valence-electron chi connectivity index (χ4n) is 1.58. The number of rotatable bonds is 6. The lowest BCUT2D eigenvalue weighted by Gasteiger charge is -2.08. The smallest absolute Gasteiger partial charge is 0.221 e. The number of anilines is 1. The van der Waals surface area contributed by atoms with Crippen LogP contribution in [0.4, 0.5) is 5.82 Å². The van der Waals surface area contributed by atoms with E-state index in [4.69, 9.17) is 0 Å². The summed E-state index contributed by atoms with van der Waals surface area (Å²) in [6.45, 7) is 5.35. The van der Waals surface area contributed by atoms with Gasteiger partial charge in [0.25, 0.3) is 0 Å². The van der Waals surface area contributed by atoms with Crippen LogP contribution in [0.15, 0.2) is 18.7 Å². The van der Waals surface area contributed by atoms with E-state index < -0.39 is 0 Å². The van der Waals surface area contributed by atoms with E-state index in [-0.39, 0.29) is 5.91 Å². The van der Waals surface area contributed by atoms with Gasteiger partial charge < -0.3 is 10.6 Å². The molecule has 102 valence electrons. The summed E-state index contributed by atoms with van der Waals surface area (Å²) in [5.41, 5.74) is 0.657. The Kier molecular flexibility index (Phi) is 4.27. The molecule has 0 spiro atoms. The van der Waals surface area contributed by atoms with Gasteiger partial charge in [-0.15, -0.1) is 10.2 Å². The van der Waals surface area contributed by atoms with Gasteiger partial charge in [0.05, 0.1) is 0 Å². The molecule has 0 saturated heterocycles. The molecule has 0 aliphatic rings. The zero-order valence-corrected chi connectivity index (χ0v) is 11.1. The molecule has 0 radical (unpaired) electrons. The molecule has 19 heavy (non-hydrogen) atoms. The van der Waals surface area contributed by atoms with Crippen LogP contribution in [0.2, 0.25) is 0 Å². The van der Waals surface area contributed by atoms with E-state index in [9.17, 15) is 4.79 Å². The molecule has 0 aliphatic carbocycles. The van der Waals surface area contributed by atoms with E-state index >= 15 is 0 Å². The first kappa shape index (κ1) is 13.3.